The fourth-order valence-corrected chi connectivity index (χ4v) is 3.89. The lowest BCUT2D eigenvalue weighted by molar-refractivity contribution is 0.459. The van der Waals surface area contributed by atoms with Gasteiger partial charge in [0.25, 0.3) is 0 Å². The van der Waals surface area contributed by atoms with Crippen molar-refractivity contribution in [1.82, 2.24) is 25.4 Å². The molecule has 2 aromatic heterocycles. The molecule has 1 aromatic carbocycles. The van der Waals surface area contributed by atoms with E-state index in [9.17, 15) is 4.39 Å². The van der Waals surface area contributed by atoms with Crippen LogP contribution >= 0.6 is 24.0 Å². The first-order valence-electron chi connectivity index (χ1n) is 11.1. The molecule has 0 unspecified atom stereocenters. The Balaban J connectivity index is 0.00000306. The minimum Gasteiger partial charge on any atom is -0.356 e. The summed E-state index contributed by atoms with van der Waals surface area (Å²) < 4.78 is 14.9. The van der Waals surface area contributed by atoms with Crippen molar-refractivity contribution in [3.05, 3.63) is 71.9 Å². The quantitative estimate of drug-likeness (QED) is 0.272. The minimum atomic E-state index is -0.248. The number of aliphatic imine (C=N–C) groups is 1. The van der Waals surface area contributed by atoms with Gasteiger partial charge >= 0.3 is 0 Å². The zero-order valence-electron chi connectivity index (χ0n) is 19.0. The first kappa shape index (κ1) is 24.9. The SMILES string of the molecule is CN=C(NCCc1ccn(-c2ccc(F)cc2)n1)NC1CCN(c2cccc(C)n2)CC1.I. The second kappa shape index (κ2) is 12.0. The highest BCUT2D eigenvalue weighted by Gasteiger charge is 2.21. The molecule has 0 amide bonds. The average molecular weight is 563 g/mol. The largest absolute Gasteiger partial charge is 0.356 e. The van der Waals surface area contributed by atoms with Crippen LogP contribution in [-0.2, 0) is 6.42 Å². The van der Waals surface area contributed by atoms with Crippen molar-refractivity contribution in [2.24, 2.45) is 4.99 Å². The molecule has 0 aliphatic carbocycles. The standard InChI is InChI=1S/C24H30FN7.HI/c1-18-4-3-5-23(28-18)31-15-11-20(12-16-31)29-24(26-2)27-14-10-21-13-17-32(30-21)22-8-6-19(25)7-9-22;/h3-9,13,17,20H,10-12,14-16H2,1-2H3,(H2,26,27,29);1H. The molecule has 3 heterocycles. The number of piperidine rings is 1. The molecule has 33 heavy (non-hydrogen) atoms. The van der Waals surface area contributed by atoms with Crippen LogP contribution in [-0.4, -0.2) is 53.4 Å². The second-order valence-electron chi connectivity index (χ2n) is 8.02. The third kappa shape index (κ3) is 6.89. The monoisotopic (exact) mass is 563 g/mol. The van der Waals surface area contributed by atoms with Gasteiger partial charge in [-0.1, -0.05) is 6.07 Å². The molecule has 1 fully saturated rings. The number of aromatic nitrogens is 3. The van der Waals surface area contributed by atoms with Crippen molar-refractivity contribution < 1.29 is 4.39 Å². The van der Waals surface area contributed by atoms with Gasteiger partial charge in [0.05, 0.1) is 11.4 Å². The molecule has 4 rings (SSSR count). The molecule has 1 aliphatic heterocycles. The van der Waals surface area contributed by atoms with Crippen molar-refractivity contribution in [2.45, 2.75) is 32.2 Å². The Bertz CT molecular complexity index is 1040. The molecule has 1 saturated heterocycles. The smallest absolute Gasteiger partial charge is 0.191 e. The summed E-state index contributed by atoms with van der Waals surface area (Å²) in [7, 11) is 1.80. The number of nitrogens with zero attached hydrogens (tertiary/aromatic N) is 5. The topological polar surface area (TPSA) is 70.4 Å². The maximum absolute atomic E-state index is 13.1. The lowest BCUT2D eigenvalue weighted by Crippen LogP contribution is -2.49. The number of aryl methyl sites for hydroxylation is 1. The van der Waals surface area contributed by atoms with Crippen LogP contribution in [0.3, 0.4) is 0 Å². The maximum Gasteiger partial charge on any atom is 0.191 e. The summed E-state index contributed by atoms with van der Waals surface area (Å²) >= 11 is 0. The Morgan fingerprint density at radius 3 is 2.58 bits per heavy atom. The number of halogens is 2. The minimum absolute atomic E-state index is 0. The Hall–Kier alpha value is -2.69. The number of nitrogens with one attached hydrogen (secondary N) is 2. The molecular formula is C24H31FIN7. The van der Waals surface area contributed by atoms with E-state index in [1.54, 1.807) is 23.9 Å². The van der Waals surface area contributed by atoms with Crippen LogP contribution in [0.25, 0.3) is 5.69 Å². The Labute approximate surface area is 211 Å². The average Bonchev–Trinajstić information content (AvgIpc) is 3.28. The molecule has 1 aliphatic rings. The van der Waals surface area contributed by atoms with Gasteiger partial charge in [-0.2, -0.15) is 5.10 Å². The molecule has 0 atom stereocenters. The van der Waals surface area contributed by atoms with Gasteiger partial charge in [-0.25, -0.2) is 14.1 Å². The number of pyridine rings is 1. The number of guanidine groups is 1. The molecule has 9 heteroatoms. The summed E-state index contributed by atoms with van der Waals surface area (Å²) in [4.78, 5) is 11.4. The van der Waals surface area contributed by atoms with E-state index in [1.165, 1.54) is 12.1 Å². The van der Waals surface area contributed by atoms with Gasteiger partial charge in [-0.05, 0) is 62.2 Å². The van der Waals surface area contributed by atoms with Crippen LogP contribution < -0.4 is 15.5 Å². The van der Waals surface area contributed by atoms with Gasteiger partial charge in [0.15, 0.2) is 5.96 Å². The van der Waals surface area contributed by atoms with E-state index in [1.807, 2.05) is 25.3 Å². The van der Waals surface area contributed by atoms with Crippen molar-refractivity contribution in [3.8, 4) is 5.69 Å². The van der Waals surface area contributed by atoms with E-state index in [4.69, 9.17) is 0 Å². The van der Waals surface area contributed by atoms with Gasteiger partial charge in [0.2, 0.25) is 0 Å². The summed E-state index contributed by atoms with van der Waals surface area (Å²) in [6.45, 7) is 4.71. The second-order valence-corrected chi connectivity index (χ2v) is 8.02. The molecule has 176 valence electrons. The summed E-state index contributed by atoms with van der Waals surface area (Å²) in [6.07, 6.45) is 4.75. The predicted octanol–water partition coefficient (Wildman–Crippen LogP) is 3.71. The summed E-state index contributed by atoms with van der Waals surface area (Å²) in [6, 6.07) is 14.9. The molecular weight excluding hydrogens is 532 g/mol. The molecule has 0 spiro atoms. The van der Waals surface area contributed by atoms with Crippen LogP contribution in [0.2, 0.25) is 0 Å². The molecule has 2 N–H and O–H groups in total. The lowest BCUT2D eigenvalue weighted by atomic mass is 10.1. The van der Waals surface area contributed by atoms with Gasteiger partial charge < -0.3 is 15.5 Å². The van der Waals surface area contributed by atoms with Crippen LogP contribution in [0.1, 0.15) is 24.2 Å². The number of hydrogen-bond acceptors (Lipinski definition) is 4. The summed E-state index contributed by atoms with van der Waals surface area (Å²) in [5, 5.41) is 11.5. The number of hydrogen-bond donors (Lipinski definition) is 2. The Kier molecular flexibility index (Phi) is 9.04. The molecule has 0 radical (unpaired) electrons. The van der Waals surface area contributed by atoms with Crippen LogP contribution in [0, 0.1) is 12.7 Å². The van der Waals surface area contributed by atoms with E-state index in [2.05, 4.69) is 42.7 Å². The van der Waals surface area contributed by atoms with Gasteiger partial charge in [-0.3, -0.25) is 4.99 Å². The first-order valence-corrected chi connectivity index (χ1v) is 11.1. The molecule has 3 aromatic rings. The normalized spacial score (nSPS) is 14.6. The van der Waals surface area contributed by atoms with Gasteiger partial charge in [-0.15, -0.1) is 24.0 Å². The zero-order chi connectivity index (χ0) is 22.3. The Morgan fingerprint density at radius 2 is 1.88 bits per heavy atom. The third-order valence-corrected chi connectivity index (χ3v) is 5.67. The van der Waals surface area contributed by atoms with Crippen LogP contribution in [0.15, 0.2) is 59.7 Å². The van der Waals surface area contributed by atoms with Gasteiger partial charge in [0.1, 0.15) is 11.6 Å². The molecule has 0 bridgehead atoms. The van der Waals surface area contributed by atoms with E-state index < -0.39 is 0 Å². The maximum atomic E-state index is 13.1. The molecule has 0 saturated carbocycles. The summed E-state index contributed by atoms with van der Waals surface area (Å²) in [5.41, 5.74) is 2.86. The number of anilines is 1. The zero-order valence-corrected chi connectivity index (χ0v) is 21.4. The van der Waals surface area contributed by atoms with Crippen molar-refractivity contribution >= 4 is 35.8 Å². The van der Waals surface area contributed by atoms with Crippen molar-refractivity contribution in [1.29, 1.82) is 0 Å². The highest BCUT2D eigenvalue weighted by molar-refractivity contribution is 14.0. The van der Waals surface area contributed by atoms with Crippen molar-refractivity contribution in [2.75, 3.05) is 31.6 Å². The van der Waals surface area contributed by atoms with Crippen LogP contribution in [0.4, 0.5) is 10.2 Å². The van der Waals surface area contributed by atoms with E-state index in [-0.39, 0.29) is 29.8 Å². The van der Waals surface area contributed by atoms with E-state index in [0.29, 0.717) is 6.04 Å². The highest BCUT2D eigenvalue weighted by atomic mass is 127. The summed E-state index contributed by atoms with van der Waals surface area (Å²) in [5.74, 6) is 1.63. The third-order valence-electron chi connectivity index (χ3n) is 5.67. The first-order chi connectivity index (χ1) is 15.6. The number of rotatable bonds is 6. The van der Waals surface area contributed by atoms with Crippen LogP contribution in [0.5, 0.6) is 0 Å². The number of benzene rings is 1. The van der Waals surface area contributed by atoms with Gasteiger partial charge in [0, 0.05) is 51.0 Å². The van der Waals surface area contributed by atoms with Crippen molar-refractivity contribution in [3.63, 3.8) is 0 Å². The molecule has 7 nitrogen and oxygen atoms in total. The van der Waals surface area contributed by atoms with E-state index in [0.717, 1.165) is 67.7 Å². The highest BCUT2D eigenvalue weighted by Crippen LogP contribution is 2.18. The fraction of sp³-hybridized carbons (Fsp3) is 0.375. The predicted molar refractivity (Wildman–Crippen MR) is 141 cm³/mol. The fourth-order valence-electron chi connectivity index (χ4n) is 3.89. The Morgan fingerprint density at radius 1 is 1.12 bits per heavy atom. The van der Waals surface area contributed by atoms with E-state index >= 15 is 0 Å². The lowest BCUT2D eigenvalue weighted by Gasteiger charge is -2.34.